The number of nitrogen functional groups attached to an aromatic ring is 1. The maximum absolute atomic E-state index is 11.9. The zero-order valence-electron chi connectivity index (χ0n) is 11.4. The van der Waals surface area contributed by atoms with Crippen LogP contribution >= 0.6 is 11.3 Å². The summed E-state index contributed by atoms with van der Waals surface area (Å²) >= 11 is 1.36. The SMILES string of the molecule is Nc1ccc2sc(C(=O)OCCC(=O)NC3CC3)cc2c1. The molecule has 1 heterocycles. The molecule has 2 aromatic rings. The first-order valence-electron chi connectivity index (χ1n) is 6.87. The molecule has 0 spiro atoms. The Balaban J connectivity index is 1.54. The van der Waals surface area contributed by atoms with Crippen molar-refractivity contribution < 1.29 is 14.3 Å². The number of fused-ring (bicyclic) bond motifs is 1. The summed E-state index contributed by atoms with van der Waals surface area (Å²) in [6.07, 6.45) is 2.31. The van der Waals surface area contributed by atoms with Crippen LogP contribution in [0.3, 0.4) is 0 Å². The number of ether oxygens (including phenoxy) is 1. The van der Waals surface area contributed by atoms with Gasteiger partial charge in [-0.3, -0.25) is 4.79 Å². The zero-order valence-corrected chi connectivity index (χ0v) is 12.2. The number of nitrogens with two attached hydrogens (primary N) is 1. The average Bonchev–Trinajstić information content (AvgIpc) is 3.15. The lowest BCUT2D eigenvalue weighted by Crippen LogP contribution is -2.26. The van der Waals surface area contributed by atoms with Crippen LogP contribution in [0, 0.1) is 0 Å². The smallest absolute Gasteiger partial charge is 0.348 e. The van der Waals surface area contributed by atoms with E-state index < -0.39 is 5.97 Å². The molecule has 1 aromatic heterocycles. The predicted octanol–water partition coefficient (Wildman–Crippen LogP) is 2.31. The molecule has 6 heteroatoms. The van der Waals surface area contributed by atoms with E-state index in [9.17, 15) is 9.59 Å². The molecule has 3 N–H and O–H groups in total. The molecule has 0 bridgehead atoms. The molecule has 1 fully saturated rings. The van der Waals surface area contributed by atoms with Gasteiger partial charge in [0, 0.05) is 16.4 Å². The minimum Gasteiger partial charge on any atom is -0.461 e. The molecular weight excluding hydrogens is 288 g/mol. The molecule has 1 aliphatic rings. The van der Waals surface area contributed by atoms with Gasteiger partial charge in [-0.1, -0.05) is 0 Å². The third-order valence-corrected chi connectivity index (χ3v) is 4.34. The Kier molecular flexibility index (Phi) is 3.79. The number of anilines is 1. The highest BCUT2D eigenvalue weighted by Gasteiger charge is 2.23. The van der Waals surface area contributed by atoms with Crippen LogP contribution in [-0.2, 0) is 9.53 Å². The van der Waals surface area contributed by atoms with Crippen LogP contribution < -0.4 is 11.1 Å². The van der Waals surface area contributed by atoms with Crippen molar-refractivity contribution in [1.82, 2.24) is 5.32 Å². The summed E-state index contributed by atoms with van der Waals surface area (Å²) in [6, 6.07) is 7.61. The second kappa shape index (κ2) is 5.73. The van der Waals surface area contributed by atoms with Crippen LogP contribution in [0.25, 0.3) is 10.1 Å². The van der Waals surface area contributed by atoms with Crippen molar-refractivity contribution in [3.8, 4) is 0 Å². The van der Waals surface area contributed by atoms with Crippen molar-refractivity contribution in [2.24, 2.45) is 0 Å². The number of rotatable bonds is 5. The van der Waals surface area contributed by atoms with E-state index in [1.54, 1.807) is 12.1 Å². The van der Waals surface area contributed by atoms with Gasteiger partial charge in [-0.2, -0.15) is 0 Å². The van der Waals surface area contributed by atoms with Crippen molar-refractivity contribution >= 4 is 39.0 Å². The van der Waals surface area contributed by atoms with Crippen LogP contribution in [0.4, 0.5) is 5.69 Å². The summed E-state index contributed by atoms with van der Waals surface area (Å²) in [5, 5.41) is 3.78. The van der Waals surface area contributed by atoms with Crippen LogP contribution in [0.2, 0.25) is 0 Å². The molecule has 1 saturated carbocycles. The van der Waals surface area contributed by atoms with Crippen molar-refractivity contribution in [2.75, 3.05) is 12.3 Å². The largest absolute Gasteiger partial charge is 0.461 e. The fraction of sp³-hybridized carbons (Fsp3) is 0.333. The minimum absolute atomic E-state index is 0.0607. The van der Waals surface area contributed by atoms with Gasteiger partial charge in [-0.25, -0.2) is 4.79 Å². The number of amides is 1. The second-order valence-electron chi connectivity index (χ2n) is 5.14. The molecular formula is C15H16N2O3S. The predicted molar refractivity (Wildman–Crippen MR) is 82.3 cm³/mol. The van der Waals surface area contributed by atoms with E-state index in [-0.39, 0.29) is 18.9 Å². The lowest BCUT2D eigenvalue weighted by atomic mass is 10.2. The van der Waals surface area contributed by atoms with Crippen molar-refractivity contribution in [3.63, 3.8) is 0 Å². The lowest BCUT2D eigenvalue weighted by Gasteiger charge is -2.04. The molecule has 0 aliphatic heterocycles. The Bertz CT molecular complexity index is 691. The summed E-state index contributed by atoms with van der Waals surface area (Å²) < 4.78 is 6.13. The van der Waals surface area contributed by atoms with Crippen LogP contribution in [0.1, 0.15) is 28.9 Å². The zero-order chi connectivity index (χ0) is 14.8. The first-order valence-corrected chi connectivity index (χ1v) is 7.69. The highest BCUT2D eigenvalue weighted by atomic mass is 32.1. The van der Waals surface area contributed by atoms with Gasteiger partial charge >= 0.3 is 5.97 Å². The molecule has 1 amide bonds. The average molecular weight is 304 g/mol. The van der Waals surface area contributed by atoms with Crippen LogP contribution in [0.5, 0.6) is 0 Å². The maximum atomic E-state index is 11.9. The monoisotopic (exact) mass is 304 g/mol. The van der Waals surface area contributed by atoms with Crippen LogP contribution in [0.15, 0.2) is 24.3 Å². The molecule has 3 rings (SSSR count). The van der Waals surface area contributed by atoms with E-state index in [1.807, 2.05) is 12.1 Å². The number of nitrogens with one attached hydrogen (secondary N) is 1. The molecule has 0 unspecified atom stereocenters. The topological polar surface area (TPSA) is 81.4 Å². The Morgan fingerprint density at radius 1 is 1.33 bits per heavy atom. The molecule has 110 valence electrons. The quantitative estimate of drug-likeness (QED) is 0.656. The lowest BCUT2D eigenvalue weighted by molar-refractivity contribution is -0.121. The third kappa shape index (κ3) is 3.52. The highest BCUT2D eigenvalue weighted by molar-refractivity contribution is 7.20. The number of hydrogen-bond donors (Lipinski definition) is 2. The van der Waals surface area contributed by atoms with E-state index >= 15 is 0 Å². The van der Waals surface area contributed by atoms with Gasteiger partial charge in [0.05, 0.1) is 6.42 Å². The van der Waals surface area contributed by atoms with Gasteiger partial charge in [-0.05, 0) is 42.5 Å². The maximum Gasteiger partial charge on any atom is 0.348 e. The van der Waals surface area contributed by atoms with Gasteiger partial charge in [0.15, 0.2) is 0 Å². The van der Waals surface area contributed by atoms with Gasteiger partial charge in [0.1, 0.15) is 11.5 Å². The van der Waals surface area contributed by atoms with Crippen molar-refractivity contribution in [1.29, 1.82) is 0 Å². The highest BCUT2D eigenvalue weighted by Crippen LogP contribution is 2.27. The Morgan fingerprint density at radius 3 is 2.90 bits per heavy atom. The van der Waals surface area contributed by atoms with Crippen LogP contribution in [-0.4, -0.2) is 24.5 Å². The Morgan fingerprint density at radius 2 is 2.14 bits per heavy atom. The molecule has 1 aliphatic carbocycles. The van der Waals surface area contributed by atoms with E-state index in [0.29, 0.717) is 16.6 Å². The number of esters is 1. The van der Waals surface area contributed by atoms with E-state index in [1.165, 1.54) is 11.3 Å². The number of benzene rings is 1. The van der Waals surface area contributed by atoms with Crippen molar-refractivity contribution in [3.05, 3.63) is 29.1 Å². The fourth-order valence-electron chi connectivity index (χ4n) is 2.00. The summed E-state index contributed by atoms with van der Waals surface area (Å²) in [6.45, 7) is 0.105. The molecule has 0 atom stereocenters. The summed E-state index contributed by atoms with van der Waals surface area (Å²) in [4.78, 5) is 23.9. The minimum atomic E-state index is -0.394. The van der Waals surface area contributed by atoms with Crippen molar-refractivity contribution in [2.45, 2.75) is 25.3 Å². The Labute approximate surface area is 126 Å². The number of carbonyl (C=O) groups is 2. The van der Waals surface area contributed by atoms with Gasteiger partial charge in [0.2, 0.25) is 5.91 Å². The third-order valence-electron chi connectivity index (χ3n) is 3.25. The molecule has 5 nitrogen and oxygen atoms in total. The molecule has 21 heavy (non-hydrogen) atoms. The first kappa shape index (κ1) is 13.9. The summed E-state index contributed by atoms with van der Waals surface area (Å²) in [5.74, 6) is -0.455. The molecule has 0 radical (unpaired) electrons. The standard InChI is InChI=1S/C15H16N2O3S/c16-10-1-4-12-9(7-10)8-13(21-12)15(19)20-6-5-14(18)17-11-2-3-11/h1,4,7-8,11H,2-3,5-6,16H2,(H,17,18). The molecule has 1 aromatic carbocycles. The first-order chi connectivity index (χ1) is 10.1. The number of hydrogen-bond acceptors (Lipinski definition) is 5. The van der Waals surface area contributed by atoms with Gasteiger partial charge in [0.25, 0.3) is 0 Å². The second-order valence-corrected chi connectivity index (χ2v) is 6.22. The van der Waals surface area contributed by atoms with Gasteiger partial charge in [-0.15, -0.1) is 11.3 Å². The summed E-state index contributed by atoms with van der Waals surface area (Å²) in [7, 11) is 0. The normalized spacial score (nSPS) is 14.1. The Hall–Kier alpha value is -2.08. The molecule has 0 saturated heterocycles. The fourth-order valence-corrected chi connectivity index (χ4v) is 2.93. The van der Waals surface area contributed by atoms with E-state index in [0.717, 1.165) is 22.9 Å². The number of carbonyl (C=O) groups excluding carboxylic acids is 2. The summed E-state index contributed by atoms with van der Waals surface area (Å²) in [5.41, 5.74) is 6.38. The van der Waals surface area contributed by atoms with E-state index in [2.05, 4.69) is 5.32 Å². The number of thiophene rings is 1. The van der Waals surface area contributed by atoms with Gasteiger partial charge < -0.3 is 15.8 Å². The van der Waals surface area contributed by atoms with E-state index in [4.69, 9.17) is 10.5 Å².